The van der Waals surface area contributed by atoms with Gasteiger partial charge >= 0.3 is 0 Å². The van der Waals surface area contributed by atoms with Crippen LogP contribution in [0.5, 0.6) is 0 Å². The number of hydrogen-bond donors (Lipinski definition) is 3. The summed E-state index contributed by atoms with van der Waals surface area (Å²) in [5, 5.41) is 13.7. The van der Waals surface area contributed by atoms with E-state index in [-0.39, 0.29) is 10.6 Å². The van der Waals surface area contributed by atoms with Crippen molar-refractivity contribution >= 4 is 46.3 Å². The van der Waals surface area contributed by atoms with Crippen LogP contribution in [0.25, 0.3) is 0 Å². The molecule has 0 saturated heterocycles. The lowest BCUT2D eigenvalue weighted by atomic mass is 9.88. The van der Waals surface area contributed by atoms with Crippen LogP contribution in [0.2, 0.25) is 10.0 Å². The largest absolute Gasteiger partial charge is 0.399 e. The lowest BCUT2D eigenvalue weighted by Gasteiger charge is -2.21. The number of nitrogens with two attached hydrogens (primary N) is 1. The summed E-state index contributed by atoms with van der Waals surface area (Å²) in [6.45, 7) is 0. The topological polar surface area (TPSA) is 92.4 Å². The van der Waals surface area contributed by atoms with Gasteiger partial charge in [-0.05, 0) is 24.3 Å². The zero-order valence-corrected chi connectivity index (χ0v) is 13.3. The fraction of sp³-hybridized carbons (Fsp3) is 0.125. The molecule has 7 heteroatoms. The van der Waals surface area contributed by atoms with Crippen molar-refractivity contribution in [1.29, 1.82) is 0 Å². The number of halogens is 2. The standard InChI is InChI=1S/C16H12Cl2N2O3/c17-9-5-11(18)14-12(6-9)20-15(22)16(14,23)7-13(21)8-2-1-3-10(19)4-8/h1-6,23H,7,19H2,(H,20,22). The Balaban J connectivity index is 2.00. The van der Waals surface area contributed by atoms with Crippen LogP contribution in [0.3, 0.4) is 0 Å². The van der Waals surface area contributed by atoms with E-state index in [2.05, 4.69) is 5.32 Å². The summed E-state index contributed by atoms with van der Waals surface area (Å²) in [4.78, 5) is 24.6. The van der Waals surface area contributed by atoms with Gasteiger partial charge in [0.15, 0.2) is 11.4 Å². The van der Waals surface area contributed by atoms with Gasteiger partial charge in [-0.25, -0.2) is 0 Å². The quantitative estimate of drug-likeness (QED) is 0.586. The number of nitrogens with one attached hydrogen (secondary N) is 1. The van der Waals surface area contributed by atoms with Crippen molar-refractivity contribution in [2.45, 2.75) is 12.0 Å². The molecule has 3 rings (SSSR count). The highest BCUT2D eigenvalue weighted by Gasteiger charge is 2.48. The average Bonchev–Trinajstić information content (AvgIpc) is 2.69. The Labute approximate surface area is 142 Å². The van der Waals surface area contributed by atoms with Crippen molar-refractivity contribution in [3.05, 3.63) is 57.6 Å². The first-order valence-electron chi connectivity index (χ1n) is 6.73. The molecule has 2 aromatic carbocycles. The first-order valence-corrected chi connectivity index (χ1v) is 7.49. The molecule has 0 radical (unpaired) electrons. The van der Waals surface area contributed by atoms with Crippen LogP contribution in [0.4, 0.5) is 11.4 Å². The van der Waals surface area contributed by atoms with Gasteiger partial charge in [-0.15, -0.1) is 0 Å². The van der Waals surface area contributed by atoms with E-state index in [1.165, 1.54) is 18.2 Å². The molecule has 0 fully saturated rings. The van der Waals surface area contributed by atoms with Crippen LogP contribution in [0.1, 0.15) is 22.3 Å². The van der Waals surface area contributed by atoms with Gasteiger partial charge in [0.25, 0.3) is 5.91 Å². The Kier molecular flexibility index (Phi) is 3.80. The lowest BCUT2D eigenvalue weighted by molar-refractivity contribution is -0.133. The van der Waals surface area contributed by atoms with E-state index in [1.54, 1.807) is 18.2 Å². The third kappa shape index (κ3) is 2.67. The number of carbonyl (C=O) groups excluding carboxylic acids is 2. The van der Waals surface area contributed by atoms with Gasteiger partial charge in [-0.2, -0.15) is 0 Å². The normalized spacial score (nSPS) is 19.3. The van der Waals surface area contributed by atoms with E-state index in [0.29, 0.717) is 22.0 Å². The minimum Gasteiger partial charge on any atom is -0.399 e. The van der Waals surface area contributed by atoms with E-state index in [4.69, 9.17) is 28.9 Å². The maximum absolute atomic E-state index is 12.4. The predicted octanol–water partition coefficient (Wildman–Crippen LogP) is 2.99. The summed E-state index contributed by atoms with van der Waals surface area (Å²) < 4.78 is 0. The summed E-state index contributed by atoms with van der Waals surface area (Å²) in [5.41, 5.74) is 4.80. The van der Waals surface area contributed by atoms with Crippen molar-refractivity contribution in [2.75, 3.05) is 11.1 Å². The Hall–Kier alpha value is -2.08. The molecule has 1 unspecified atom stereocenters. The molecule has 118 valence electrons. The maximum atomic E-state index is 12.4. The molecule has 0 bridgehead atoms. The predicted molar refractivity (Wildman–Crippen MR) is 88.8 cm³/mol. The van der Waals surface area contributed by atoms with Crippen LogP contribution in [0.15, 0.2) is 36.4 Å². The zero-order chi connectivity index (χ0) is 16.8. The van der Waals surface area contributed by atoms with Gasteiger partial charge in [0.1, 0.15) is 0 Å². The SMILES string of the molecule is Nc1cccc(C(=O)CC2(O)C(=O)Nc3cc(Cl)cc(Cl)c32)c1. The molecule has 1 atom stereocenters. The summed E-state index contributed by atoms with van der Waals surface area (Å²) in [7, 11) is 0. The highest BCUT2D eigenvalue weighted by Crippen LogP contribution is 2.44. The van der Waals surface area contributed by atoms with E-state index in [9.17, 15) is 14.7 Å². The number of nitrogen functional groups attached to an aromatic ring is 1. The van der Waals surface area contributed by atoms with Crippen molar-refractivity contribution in [1.82, 2.24) is 0 Å². The second kappa shape index (κ2) is 5.53. The van der Waals surface area contributed by atoms with Gasteiger partial charge in [-0.3, -0.25) is 9.59 Å². The zero-order valence-electron chi connectivity index (χ0n) is 11.8. The monoisotopic (exact) mass is 350 g/mol. The Morgan fingerprint density at radius 1 is 1.26 bits per heavy atom. The summed E-state index contributed by atoms with van der Waals surface area (Å²) in [6.07, 6.45) is -0.448. The highest BCUT2D eigenvalue weighted by molar-refractivity contribution is 6.36. The number of benzene rings is 2. The molecular weight excluding hydrogens is 339 g/mol. The van der Waals surface area contributed by atoms with Crippen LogP contribution in [-0.2, 0) is 10.4 Å². The second-order valence-electron chi connectivity index (χ2n) is 5.35. The smallest absolute Gasteiger partial charge is 0.261 e. The van der Waals surface area contributed by atoms with E-state index in [0.717, 1.165) is 0 Å². The van der Waals surface area contributed by atoms with Crippen molar-refractivity contribution in [3.63, 3.8) is 0 Å². The molecule has 1 aliphatic rings. The number of anilines is 2. The number of ketones is 1. The third-order valence-electron chi connectivity index (χ3n) is 3.72. The fourth-order valence-corrected chi connectivity index (χ4v) is 3.30. The second-order valence-corrected chi connectivity index (χ2v) is 6.19. The Morgan fingerprint density at radius 2 is 2.00 bits per heavy atom. The Morgan fingerprint density at radius 3 is 2.70 bits per heavy atom. The molecule has 4 N–H and O–H groups in total. The first kappa shape index (κ1) is 15.8. The van der Waals surface area contributed by atoms with E-state index in [1.807, 2.05) is 0 Å². The van der Waals surface area contributed by atoms with Crippen molar-refractivity contribution in [3.8, 4) is 0 Å². The molecule has 2 aromatic rings. The first-order chi connectivity index (χ1) is 10.8. The molecule has 0 saturated carbocycles. The molecule has 1 amide bonds. The maximum Gasteiger partial charge on any atom is 0.261 e. The molecule has 1 aliphatic heterocycles. The van der Waals surface area contributed by atoms with Gasteiger partial charge < -0.3 is 16.2 Å². The molecule has 0 aliphatic carbocycles. The van der Waals surface area contributed by atoms with Gasteiger partial charge in [0.05, 0.1) is 17.1 Å². The van der Waals surface area contributed by atoms with E-state index < -0.39 is 23.7 Å². The minimum absolute atomic E-state index is 0.119. The number of carbonyl (C=O) groups is 2. The molecule has 0 aromatic heterocycles. The third-order valence-corrected chi connectivity index (χ3v) is 4.23. The summed E-state index contributed by atoms with van der Waals surface area (Å²) >= 11 is 12.0. The molecular formula is C16H12Cl2N2O3. The highest BCUT2D eigenvalue weighted by atomic mass is 35.5. The minimum atomic E-state index is -2.04. The van der Waals surface area contributed by atoms with Crippen LogP contribution >= 0.6 is 23.2 Å². The number of Topliss-reactive ketones (excluding diaryl/α,β-unsaturated/α-hetero) is 1. The lowest BCUT2D eigenvalue weighted by Crippen LogP contribution is -2.36. The van der Waals surface area contributed by atoms with Crippen LogP contribution in [-0.4, -0.2) is 16.8 Å². The number of fused-ring (bicyclic) bond motifs is 1. The molecule has 0 spiro atoms. The number of amides is 1. The average molecular weight is 351 g/mol. The van der Waals surface area contributed by atoms with Crippen molar-refractivity contribution in [2.24, 2.45) is 0 Å². The number of aliphatic hydroxyl groups is 1. The van der Waals surface area contributed by atoms with Gasteiger partial charge in [0, 0.05) is 21.8 Å². The van der Waals surface area contributed by atoms with Crippen molar-refractivity contribution < 1.29 is 14.7 Å². The van der Waals surface area contributed by atoms with Gasteiger partial charge in [-0.1, -0.05) is 35.3 Å². The summed E-state index contributed by atoms with van der Waals surface area (Å²) in [6, 6.07) is 9.22. The van der Waals surface area contributed by atoms with Gasteiger partial charge in [0.2, 0.25) is 0 Å². The van der Waals surface area contributed by atoms with Crippen LogP contribution < -0.4 is 11.1 Å². The molecule has 5 nitrogen and oxygen atoms in total. The number of hydrogen-bond acceptors (Lipinski definition) is 4. The molecule has 23 heavy (non-hydrogen) atoms. The fourth-order valence-electron chi connectivity index (χ4n) is 2.65. The Bertz CT molecular complexity index is 838. The molecule has 1 heterocycles. The number of rotatable bonds is 3. The van der Waals surface area contributed by atoms with E-state index >= 15 is 0 Å². The van der Waals surface area contributed by atoms with Crippen LogP contribution in [0, 0.1) is 0 Å². The summed E-state index contributed by atoms with van der Waals surface area (Å²) in [5.74, 6) is -1.14.